The molecule has 2 aromatic rings. The van der Waals surface area contributed by atoms with Crippen molar-refractivity contribution in [1.82, 2.24) is 4.90 Å². The van der Waals surface area contributed by atoms with E-state index in [1.165, 1.54) is 12.1 Å². The van der Waals surface area contributed by atoms with E-state index in [0.717, 1.165) is 22.6 Å². The second-order valence-electron chi connectivity index (χ2n) is 6.77. The molecule has 128 valence electrons. The Balaban J connectivity index is 1.75. The molecular formula is C19H22FNO3. The fourth-order valence-corrected chi connectivity index (χ4v) is 2.86. The Bertz CT molecular complexity index is 695. The monoisotopic (exact) mass is 331 g/mol. The van der Waals surface area contributed by atoms with E-state index < -0.39 is 5.60 Å². The minimum absolute atomic E-state index is 0.247. The molecule has 3 rings (SSSR count). The molecule has 0 aromatic heterocycles. The van der Waals surface area contributed by atoms with Crippen LogP contribution in [-0.4, -0.2) is 28.9 Å². The molecule has 0 aliphatic carbocycles. The zero-order valence-electron chi connectivity index (χ0n) is 14.0. The van der Waals surface area contributed by atoms with Crippen molar-refractivity contribution in [2.75, 3.05) is 13.3 Å². The van der Waals surface area contributed by atoms with Crippen LogP contribution in [0.4, 0.5) is 4.39 Å². The van der Waals surface area contributed by atoms with E-state index in [1.807, 2.05) is 18.2 Å². The molecule has 1 N–H and O–H groups in total. The van der Waals surface area contributed by atoms with Crippen molar-refractivity contribution in [1.29, 1.82) is 0 Å². The van der Waals surface area contributed by atoms with Gasteiger partial charge in [-0.1, -0.05) is 18.2 Å². The van der Waals surface area contributed by atoms with Gasteiger partial charge in [0.15, 0.2) is 11.5 Å². The van der Waals surface area contributed by atoms with E-state index in [0.29, 0.717) is 19.6 Å². The van der Waals surface area contributed by atoms with Gasteiger partial charge in [0.2, 0.25) is 6.79 Å². The third-order valence-corrected chi connectivity index (χ3v) is 3.77. The maximum Gasteiger partial charge on any atom is 0.231 e. The maximum atomic E-state index is 13.1. The van der Waals surface area contributed by atoms with Gasteiger partial charge in [-0.15, -0.1) is 0 Å². The minimum Gasteiger partial charge on any atom is -0.454 e. The molecule has 0 saturated carbocycles. The number of fused-ring (bicyclic) bond motifs is 1. The van der Waals surface area contributed by atoms with Crippen molar-refractivity contribution < 1.29 is 19.0 Å². The van der Waals surface area contributed by atoms with Gasteiger partial charge in [-0.25, -0.2) is 4.39 Å². The topological polar surface area (TPSA) is 41.9 Å². The number of hydrogen-bond donors (Lipinski definition) is 1. The summed E-state index contributed by atoms with van der Waals surface area (Å²) in [5.41, 5.74) is 1.25. The highest BCUT2D eigenvalue weighted by molar-refractivity contribution is 5.44. The molecule has 0 unspecified atom stereocenters. The number of halogens is 1. The molecule has 5 heteroatoms. The predicted octanol–water partition coefficient (Wildman–Crippen LogP) is 3.33. The summed E-state index contributed by atoms with van der Waals surface area (Å²) in [5.74, 6) is 1.26. The van der Waals surface area contributed by atoms with E-state index in [9.17, 15) is 9.50 Å². The van der Waals surface area contributed by atoms with E-state index >= 15 is 0 Å². The summed E-state index contributed by atoms with van der Waals surface area (Å²) in [7, 11) is 0. The van der Waals surface area contributed by atoms with Crippen LogP contribution >= 0.6 is 0 Å². The van der Waals surface area contributed by atoms with Gasteiger partial charge in [0.1, 0.15) is 5.82 Å². The lowest BCUT2D eigenvalue weighted by Gasteiger charge is -2.29. The van der Waals surface area contributed by atoms with Crippen LogP contribution in [0.2, 0.25) is 0 Å². The normalized spacial score (nSPS) is 13.5. The Kier molecular flexibility index (Phi) is 4.73. The molecule has 4 nitrogen and oxygen atoms in total. The molecule has 1 aliphatic heterocycles. The maximum absolute atomic E-state index is 13.1. The van der Waals surface area contributed by atoms with Gasteiger partial charge in [-0.2, -0.15) is 0 Å². The Morgan fingerprint density at radius 1 is 1.00 bits per heavy atom. The number of ether oxygens (including phenoxy) is 2. The molecule has 0 spiro atoms. The molecule has 2 aromatic carbocycles. The second kappa shape index (κ2) is 6.79. The Morgan fingerprint density at radius 3 is 2.33 bits per heavy atom. The van der Waals surface area contributed by atoms with Crippen LogP contribution in [0.3, 0.4) is 0 Å². The summed E-state index contributed by atoms with van der Waals surface area (Å²) >= 11 is 0. The lowest BCUT2D eigenvalue weighted by Crippen LogP contribution is -2.37. The van der Waals surface area contributed by atoms with Crippen molar-refractivity contribution >= 4 is 0 Å². The highest BCUT2D eigenvalue weighted by Gasteiger charge is 2.20. The van der Waals surface area contributed by atoms with Gasteiger partial charge in [0.05, 0.1) is 5.60 Å². The second-order valence-corrected chi connectivity index (χ2v) is 6.77. The number of nitrogens with zero attached hydrogens (tertiary/aromatic N) is 1. The molecular weight excluding hydrogens is 309 g/mol. The standard InChI is InChI=1S/C19H22FNO3/c1-19(2,22)12-21(10-14-3-6-16(20)7-4-14)11-15-5-8-17-18(9-15)24-13-23-17/h3-9,22H,10-13H2,1-2H3. The zero-order valence-corrected chi connectivity index (χ0v) is 14.0. The lowest BCUT2D eigenvalue weighted by atomic mass is 10.1. The molecule has 24 heavy (non-hydrogen) atoms. The molecule has 0 bridgehead atoms. The Morgan fingerprint density at radius 2 is 1.62 bits per heavy atom. The van der Waals surface area contributed by atoms with Crippen LogP contribution < -0.4 is 9.47 Å². The first-order valence-electron chi connectivity index (χ1n) is 7.97. The highest BCUT2D eigenvalue weighted by Crippen LogP contribution is 2.33. The Labute approximate surface area is 141 Å². The number of aliphatic hydroxyl groups is 1. The van der Waals surface area contributed by atoms with Gasteiger partial charge >= 0.3 is 0 Å². The van der Waals surface area contributed by atoms with Crippen molar-refractivity contribution in [2.24, 2.45) is 0 Å². The summed E-state index contributed by atoms with van der Waals surface area (Å²) < 4.78 is 23.8. The van der Waals surface area contributed by atoms with Crippen molar-refractivity contribution in [3.63, 3.8) is 0 Å². The van der Waals surface area contributed by atoms with Gasteiger partial charge in [-0.05, 0) is 49.2 Å². The SMILES string of the molecule is CC(C)(O)CN(Cc1ccc(F)cc1)Cc1ccc2c(c1)OCO2. The molecule has 0 radical (unpaired) electrons. The van der Waals surface area contributed by atoms with Gasteiger partial charge in [0, 0.05) is 19.6 Å². The predicted molar refractivity (Wildman–Crippen MR) is 89.4 cm³/mol. The highest BCUT2D eigenvalue weighted by atomic mass is 19.1. The zero-order chi connectivity index (χ0) is 17.2. The average molecular weight is 331 g/mol. The van der Waals surface area contributed by atoms with Gasteiger partial charge in [0.25, 0.3) is 0 Å². The molecule has 1 aliphatic rings. The van der Waals surface area contributed by atoms with Crippen molar-refractivity contribution in [3.05, 3.63) is 59.4 Å². The smallest absolute Gasteiger partial charge is 0.231 e. The quantitative estimate of drug-likeness (QED) is 0.882. The summed E-state index contributed by atoms with van der Waals surface area (Å²) in [6.07, 6.45) is 0. The van der Waals surface area contributed by atoms with Crippen molar-refractivity contribution in [2.45, 2.75) is 32.5 Å². The molecule has 1 heterocycles. The number of hydrogen-bond acceptors (Lipinski definition) is 4. The molecule has 0 atom stereocenters. The summed E-state index contributed by atoms with van der Waals surface area (Å²) in [4.78, 5) is 2.13. The minimum atomic E-state index is -0.823. The molecule has 0 amide bonds. The average Bonchev–Trinajstić information content (AvgIpc) is 2.95. The van der Waals surface area contributed by atoms with Gasteiger partial charge < -0.3 is 14.6 Å². The van der Waals surface area contributed by atoms with Crippen LogP contribution in [0.25, 0.3) is 0 Å². The first kappa shape index (κ1) is 16.7. The van der Waals surface area contributed by atoms with Crippen LogP contribution in [0.5, 0.6) is 11.5 Å². The van der Waals surface area contributed by atoms with Crippen molar-refractivity contribution in [3.8, 4) is 11.5 Å². The molecule has 0 fully saturated rings. The van der Waals surface area contributed by atoms with Gasteiger partial charge in [-0.3, -0.25) is 4.90 Å². The summed E-state index contributed by atoms with van der Waals surface area (Å²) in [6.45, 7) is 5.59. The fraction of sp³-hybridized carbons (Fsp3) is 0.368. The Hall–Kier alpha value is -2.11. The fourth-order valence-electron chi connectivity index (χ4n) is 2.86. The van der Waals surface area contributed by atoms with Crippen LogP contribution in [0.1, 0.15) is 25.0 Å². The third kappa shape index (κ3) is 4.46. The van der Waals surface area contributed by atoms with E-state index in [1.54, 1.807) is 26.0 Å². The first-order chi connectivity index (χ1) is 11.4. The lowest BCUT2D eigenvalue weighted by molar-refractivity contribution is 0.0306. The largest absolute Gasteiger partial charge is 0.454 e. The van der Waals surface area contributed by atoms with E-state index in [-0.39, 0.29) is 12.6 Å². The first-order valence-corrected chi connectivity index (χ1v) is 7.97. The number of rotatable bonds is 6. The van der Waals surface area contributed by atoms with Crippen LogP contribution in [0, 0.1) is 5.82 Å². The number of benzene rings is 2. The third-order valence-electron chi connectivity index (χ3n) is 3.77. The molecule has 0 saturated heterocycles. The van der Waals surface area contributed by atoms with E-state index in [4.69, 9.17) is 9.47 Å². The summed E-state index contributed by atoms with van der Waals surface area (Å²) in [6, 6.07) is 12.3. The van der Waals surface area contributed by atoms with Crippen LogP contribution in [0.15, 0.2) is 42.5 Å². The summed E-state index contributed by atoms with van der Waals surface area (Å²) in [5, 5.41) is 10.2. The van der Waals surface area contributed by atoms with Crippen LogP contribution in [-0.2, 0) is 13.1 Å². The van der Waals surface area contributed by atoms with E-state index in [2.05, 4.69) is 4.90 Å².